The van der Waals surface area contributed by atoms with Gasteiger partial charge in [-0.3, -0.25) is 20.2 Å². The molecule has 0 aromatic carbocycles. The van der Waals surface area contributed by atoms with E-state index in [9.17, 15) is 14.9 Å². The molecule has 0 saturated carbocycles. The lowest BCUT2D eigenvalue weighted by Gasteiger charge is -1.95. The van der Waals surface area contributed by atoms with Crippen LogP contribution in [0, 0.1) is 10.1 Å². The number of methoxy groups -OCH3 is 1. The first-order valence-electron chi connectivity index (χ1n) is 4.62. The van der Waals surface area contributed by atoms with E-state index < -0.39 is 16.7 Å². The van der Waals surface area contributed by atoms with Crippen LogP contribution in [0.3, 0.4) is 0 Å². The lowest BCUT2D eigenvalue weighted by atomic mass is 10.4. The molecule has 2 N–H and O–H groups in total. The largest absolute Gasteiger partial charge is 0.466 e. The summed E-state index contributed by atoms with van der Waals surface area (Å²) in [7, 11) is 1.37. The summed E-state index contributed by atoms with van der Waals surface area (Å²) >= 11 is 0. The molecule has 1 amide bonds. The Kier molecular flexibility index (Phi) is 2.91. The van der Waals surface area contributed by atoms with Crippen molar-refractivity contribution in [1.82, 2.24) is 15.2 Å². The van der Waals surface area contributed by atoms with Crippen molar-refractivity contribution in [2.45, 2.75) is 0 Å². The molecule has 0 atom stereocenters. The number of hydrogen-bond donors (Lipinski definition) is 2. The number of rotatable bonds is 4. The van der Waals surface area contributed by atoms with Gasteiger partial charge in [0, 0.05) is 0 Å². The molecule has 0 saturated heterocycles. The second-order valence-corrected chi connectivity index (χ2v) is 3.02. The van der Waals surface area contributed by atoms with Crippen molar-refractivity contribution < 1.29 is 18.9 Å². The average molecular weight is 253 g/mol. The van der Waals surface area contributed by atoms with Crippen LogP contribution in [-0.4, -0.2) is 33.1 Å². The molecule has 0 unspecified atom stereocenters. The molecule has 0 aliphatic rings. The molecule has 0 fully saturated rings. The highest BCUT2D eigenvalue weighted by molar-refractivity contribution is 6.01. The second kappa shape index (κ2) is 4.53. The number of ether oxygens (including phenoxy) is 1. The maximum absolute atomic E-state index is 11.6. The number of hydrogen-bond acceptors (Lipinski definition) is 7. The summed E-state index contributed by atoms with van der Waals surface area (Å²) < 4.78 is 9.41. The Bertz CT molecular complexity index is 588. The third-order valence-electron chi connectivity index (χ3n) is 1.87. The Hall–Kier alpha value is -2.91. The van der Waals surface area contributed by atoms with Crippen LogP contribution >= 0.6 is 0 Å². The third kappa shape index (κ3) is 2.26. The van der Waals surface area contributed by atoms with Gasteiger partial charge in [0.15, 0.2) is 5.76 Å². The first kappa shape index (κ1) is 11.6. The van der Waals surface area contributed by atoms with Gasteiger partial charge in [0.25, 0.3) is 5.91 Å². The molecule has 94 valence electrons. The highest BCUT2D eigenvalue weighted by Gasteiger charge is 2.18. The molecule has 2 aromatic rings. The normalized spacial score (nSPS) is 10.1. The van der Waals surface area contributed by atoms with Gasteiger partial charge in [0.2, 0.25) is 5.95 Å². The average Bonchev–Trinajstić information content (AvgIpc) is 2.97. The van der Waals surface area contributed by atoms with Gasteiger partial charge in [-0.25, -0.2) is 5.10 Å². The van der Waals surface area contributed by atoms with E-state index in [-0.39, 0.29) is 17.7 Å². The standard InChI is InChI=1S/C8H7N5O5/c1-17-8-10-7(11-12-8)9-6(14)4-2-3-5(18-4)13(15)16/h2-3H,1H3,(H2,9,10,11,12,14). The molecule has 0 spiro atoms. The van der Waals surface area contributed by atoms with Crippen LogP contribution in [0.4, 0.5) is 11.8 Å². The van der Waals surface area contributed by atoms with Crippen molar-refractivity contribution in [2.24, 2.45) is 0 Å². The molecule has 2 rings (SSSR count). The van der Waals surface area contributed by atoms with E-state index in [1.165, 1.54) is 13.2 Å². The number of amides is 1. The SMILES string of the molecule is COc1n[nH]c(NC(=O)c2ccc([N+](=O)[O-])o2)n1. The number of furan rings is 1. The Morgan fingerprint density at radius 1 is 1.61 bits per heavy atom. The number of nitrogens with one attached hydrogen (secondary N) is 2. The molecule has 0 aliphatic carbocycles. The Morgan fingerprint density at radius 2 is 2.39 bits per heavy atom. The number of carbonyl (C=O) groups is 1. The summed E-state index contributed by atoms with van der Waals surface area (Å²) in [6.07, 6.45) is 0. The van der Waals surface area contributed by atoms with Crippen molar-refractivity contribution in [3.63, 3.8) is 0 Å². The number of aromatic nitrogens is 3. The Balaban J connectivity index is 2.09. The smallest absolute Gasteiger partial charge is 0.433 e. The van der Waals surface area contributed by atoms with Gasteiger partial charge >= 0.3 is 11.9 Å². The van der Waals surface area contributed by atoms with Crippen LogP contribution in [0.2, 0.25) is 0 Å². The van der Waals surface area contributed by atoms with Gasteiger partial charge in [-0.2, -0.15) is 4.98 Å². The van der Waals surface area contributed by atoms with E-state index in [0.717, 1.165) is 6.07 Å². The summed E-state index contributed by atoms with van der Waals surface area (Å²) in [4.78, 5) is 25.0. The maximum Gasteiger partial charge on any atom is 0.433 e. The molecule has 0 bridgehead atoms. The summed E-state index contributed by atoms with van der Waals surface area (Å²) in [6, 6.07) is 2.31. The Morgan fingerprint density at radius 3 is 2.94 bits per heavy atom. The highest BCUT2D eigenvalue weighted by atomic mass is 16.6. The summed E-state index contributed by atoms with van der Waals surface area (Å²) in [6.45, 7) is 0. The van der Waals surface area contributed by atoms with Gasteiger partial charge in [-0.15, -0.1) is 5.10 Å². The minimum atomic E-state index is -0.742. The van der Waals surface area contributed by atoms with Crippen LogP contribution in [-0.2, 0) is 0 Å². The van der Waals surface area contributed by atoms with Crippen LogP contribution in [0.5, 0.6) is 6.01 Å². The molecule has 10 nitrogen and oxygen atoms in total. The van der Waals surface area contributed by atoms with Crippen molar-refractivity contribution in [1.29, 1.82) is 0 Å². The zero-order chi connectivity index (χ0) is 13.1. The summed E-state index contributed by atoms with van der Waals surface area (Å²) in [5, 5.41) is 18.7. The van der Waals surface area contributed by atoms with Crippen molar-refractivity contribution in [3.05, 3.63) is 28.0 Å². The first-order chi connectivity index (χ1) is 8.60. The Labute approximate surface area is 99.1 Å². The van der Waals surface area contributed by atoms with Gasteiger partial charge in [-0.1, -0.05) is 0 Å². The van der Waals surface area contributed by atoms with Crippen molar-refractivity contribution >= 4 is 17.7 Å². The van der Waals surface area contributed by atoms with E-state index in [1.807, 2.05) is 0 Å². The van der Waals surface area contributed by atoms with E-state index in [1.54, 1.807) is 0 Å². The van der Waals surface area contributed by atoms with Gasteiger partial charge < -0.3 is 9.15 Å². The van der Waals surface area contributed by atoms with Gasteiger partial charge in [0.05, 0.1) is 13.2 Å². The number of nitrogens with zero attached hydrogens (tertiary/aromatic N) is 3. The summed E-state index contributed by atoms with van der Waals surface area (Å²) in [5.41, 5.74) is 0. The topological polar surface area (TPSA) is 136 Å². The minimum Gasteiger partial charge on any atom is -0.466 e. The van der Waals surface area contributed by atoms with Crippen LogP contribution in [0.15, 0.2) is 16.5 Å². The molecule has 2 aromatic heterocycles. The molecule has 0 radical (unpaired) electrons. The highest BCUT2D eigenvalue weighted by Crippen LogP contribution is 2.16. The zero-order valence-corrected chi connectivity index (χ0v) is 9.04. The number of carbonyl (C=O) groups excluding carboxylic acids is 1. The summed E-state index contributed by atoms with van der Waals surface area (Å²) in [5.74, 6) is -1.38. The van der Waals surface area contributed by atoms with Gasteiger partial charge in [0.1, 0.15) is 4.92 Å². The predicted octanol–water partition coefficient (Wildman–Crippen LogP) is 0.567. The lowest BCUT2D eigenvalue weighted by Crippen LogP contribution is -2.12. The van der Waals surface area contributed by atoms with E-state index in [0.29, 0.717) is 0 Å². The fourth-order valence-electron chi connectivity index (χ4n) is 1.11. The quantitative estimate of drug-likeness (QED) is 0.600. The number of aromatic amines is 1. The molecule has 18 heavy (non-hydrogen) atoms. The zero-order valence-electron chi connectivity index (χ0n) is 9.04. The fraction of sp³-hybridized carbons (Fsp3) is 0.125. The molecule has 0 aliphatic heterocycles. The maximum atomic E-state index is 11.6. The van der Waals surface area contributed by atoms with Gasteiger partial charge in [-0.05, 0) is 6.07 Å². The third-order valence-corrected chi connectivity index (χ3v) is 1.87. The number of H-pyrrole nitrogens is 1. The van der Waals surface area contributed by atoms with Crippen LogP contribution < -0.4 is 10.1 Å². The minimum absolute atomic E-state index is 0.0379. The number of nitro groups is 1. The molecule has 2 heterocycles. The monoisotopic (exact) mass is 253 g/mol. The van der Waals surface area contributed by atoms with E-state index >= 15 is 0 Å². The fourth-order valence-corrected chi connectivity index (χ4v) is 1.11. The molecular weight excluding hydrogens is 246 g/mol. The number of anilines is 1. The first-order valence-corrected chi connectivity index (χ1v) is 4.62. The van der Waals surface area contributed by atoms with E-state index in [4.69, 9.17) is 9.15 Å². The van der Waals surface area contributed by atoms with Crippen LogP contribution in [0.25, 0.3) is 0 Å². The van der Waals surface area contributed by atoms with Crippen molar-refractivity contribution in [3.8, 4) is 6.01 Å². The molecule has 10 heteroatoms. The molecular formula is C8H7N5O5. The van der Waals surface area contributed by atoms with Crippen molar-refractivity contribution in [2.75, 3.05) is 12.4 Å². The lowest BCUT2D eigenvalue weighted by molar-refractivity contribution is -0.402. The van der Waals surface area contributed by atoms with Crippen LogP contribution in [0.1, 0.15) is 10.6 Å². The second-order valence-electron chi connectivity index (χ2n) is 3.02. The van der Waals surface area contributed by atoms with E-state index in [2.05, 4.69) is 20.5 Å². The predicted molar refractivity (Wildman–Crippen MR) is 56.3 cm³/mol.